The van der Waals surface area contributed by atoms with E-state index in [0.29, 0.717) is 18.6 Å². The smallest absolute Gasteiger partial charge is 0.407 e. The molecule has 2 atom stereocenters. The standard InChI is InChI=1S/C23H26N2O4/c26-22(13-7-12-18-8-3-1-4-9-18)21(16-19-10-5-2-6-11-19)25-23(27)28-17-20-14-15-24-29-20/h1-6,8-11,14-15,21-22,26H,7,12-13,16-17H2,(H,25,27). The van der Waals surface area contributed by atoms with Crippen molar-refractivity contribution in [3.8, 4) is 0 Å². The first kappa shape index (κ1) is 20.6. The fourth-order valence-corrected chi connectivity index (χ4v) is 3.16. The molecule has 152 valence electrons. The van der Waals surface area contributed by atoms with Gasteiger partial charge in [-0.25, -0.2) is 4.79 Å². The van der Waals surface area contributed by atoms with E-state index in [4.69, 9.17) is 9.26 Å². The van der Waals surface area contributed by atoms with Crippen molar-refractivity contribution in [1.29, 1.82) is 0 Å². The van der Waals surface area contributed by atoms with Gasteiger partial charge in [0, 0.05) is 6.07 Å². The number of aryl methyl sites for hydroxylation is 1. The van der Waals surface area contributed by atoms with Gasteiger partial charge in [-0.3, -0.25) is 0 Å². The molecule has 3 rings (SSSR count). The number of benzene rings is 2. The van der Waals surface area contributed by atoms with Gasteiger partial charge in [-0.15, -0.1) is 0 Å². The first-order valence-corrected chi connectivity index (χ1v) is 9.79. The number of aromatic nitrogens is 1. The monoisotopic (exact) mass is 394 g/mol. The van der Waals surface area contributed by atoms with E-state index in [2.05, 4.69) is 22.6 Å². The highest BCUT2D eigenvalue weighted by molar-refractivity contribution is 5.67. The average Bonchev–Trinajstić information content (AvgIpc) is 3.27. The van der Waals surface area contributed by atoms with E-state index in [1.54, 1.807) is 6.07 Å². The molecule has 0 saturated carbocycles. The quantitative estimate of drug-likeness (QED) is 0.545. The largest absolute Gasteiger partial charge is 0.441 e. The number of amides is 1. The summed E-state index contributed by atoms with van der Waals surface area (Å²) in [5, 5.41) is 17.1. The van der Waals surface area contributed by atoms with Crippen molar-refractivity contribution in [2.24, 2.45) is 0 Å². The van der Waals surface area contributed by atoms with Crippen LogP contribution in [-0.4, -0.2) is 28.5 Å². The summed E-state index contributed by atoms with van der Waals surface area (Å²) in [5.41, 5.74) is 2.27. The van der Waals surface area contributed by atoms with Crippen molar-refractivity contribution in [2.75, 3.05) is 0 Å². The molecule has 1 aromatic heterocycles. The lowest BCUT2D eigenvalue weighted by molar-refractivity contribution is 0.0911. The summed E-state index contributed by atoms with van der Waals surface area (Å²) in [6.45, 7) is -0.00596. The second-order valence-electron chi connectivity index (χ2n) is 6.94. The average molecular weight is 394 g/mol. The Bertz CT molecular complexity index is 838. The van der Waals surface area contributed by atoms with Gasteiger partial charge in [-0.1, -0.05) is 65.8 Å². The molecule has 6 nitrogen and oxygen atoms in total. The molecule has 1 amide bonds. The van der Waals surface area contributed by atoms with E-state index in [-0.39, 0.29) is 6.61 Å². The fourth-order valence-electron chi connectivity index (χ4n) is 3.16. The fraction of sp³-hybridized carbons (Fsp3) is 0.304. The zero-order chi connectivity index (χ0) is 20.3. The van der Waals surface area contributed by atoms with Crippen LogP contribution in [-0.2, 0) is 24.2 Å². The lowest BCUT2D eigenvalue weighted by atomic mass is 9.96. The molecule has 2 aromatic carbocycles. The lowest BCUT2D eigenvalue weighted by Gasteiger charge is -2.24. The summed E-state index contributed by atoms with van der Waals surface area (Å²) in [6.07, 6.45) is 3.02. The Morgan fingerprint density at radius 3 is 2.38 bits per heavy atom. The highest BCUT2D eigenvalue weighted by Crippen LogP contribution is 2.13. The Balaban J connectivity index is 1.54. The van der Waals surface area contributed by atoms with E-state index < -0.39 is 18.2 Å². The molecule has 0 aliphatic rings. The Kier molecular flexibility index (Phi) is 7.83. The van der Waals surface area contributed by atoms with Gasteiger partial charge in [0.05, 0.1) is 18.3 Å². The van der Waals surface area contributed by atoms with E-state index in [0.717, 1.165) is 18.4 Å². The molecular formula is C23H26N2O4. The lowest BCUT2D eigenvalue weighted by Crippen LogP contribution is -2.45. The number of hydrogen-bond donors (Lipinski definition) is 2. The molecule has 0 bridgehead atoms. The van der Waals surface area contributed by atoms with Gasteiger partial charge in [-0.2, -0.15) is 0 Å². The predicted octanol–water partition coefficient (Wildman–Crippen LogP) is 3.90. The van der Waals surface area contributed by atoms with E-state index in [1.807, 2.05) is 48.5 Å². The molecule has 0 aliphatic carbocycles. The molecule has 0 radical (unpaired) electrons. The summed E-state index contributed by atoms with van der Waals surface area (Å²) in [7, 11) is 0. The van der Waals surface area contributed by atoms with Crippen molar-refractivity contribution in [2.45, 2.75) is 44.4 Å². The number of alkyl carbamates (subject to hydrolysis) is 1. The van der Waals surface area contributed by atoms with Gasteiger partial charge in [0.2, 0.25) is 0 Å². The van der Waals surface area contributed by atoms with Crippen molar-refractivity contribution in [3.05, 3.63) is 89.8 Å². The Morgan fingerprint density at radius 1 is 1.03 bits per heavy atom. The topological polar surface area (TPSA) is 84.6 Å². The molecule has 3 aromatic rings. The molecule has 0 spiro atoms. The molecule has 0 saturated heterocycles. The number of nitrogens with zero attached hydrogens (tertiary/aromatic N) is 1. The number of hydrogen-bond acceptors (Lipinski definition) is 5. The Hall–Kier alpha value is -3.12. The molecule has 1 heterocycles. The second kappa shape index (κ2) is 11.0. The molecular weight excluding hydrogens is 368 g/mol. The zero-order valence-electron chi connectivity index (χ0n) is 16.2. The number of aliphatic hydroxyl groups is 1. The van der Waals surface area contributed by atoms with Gasteiger partial charge < -0.3 is 19.7 Å². The summed E-state index contributed by atoms with van der Waals surface area (Å²) in [6, 6.07) is 21.1. The van der Waals surface area contributed by atoms with Crippen molar-refractivity contribution in [1.82, 2.24) is 10.5 Å². The molecule has 0 fully saturated rings. The molecule has 2 N–H and O–H groups in total. The molecule has 2 unspecified atom stereocenters. The molecule has 0 aliphatic heterocycles. The van der Waals surface area contributed by atoms with Crippen LogP contribution in [0.4, 0.5) is 4.79 Å². The Labute approximate surface area is 170 Å². The normalized spacial score (nSPS) is 12.9. The third-order valence-electron chi connectivity index (χ3n) is 4.71. The first-order chi connectivity index (χ1) is 14.2. The maximum atomic E-state index is 12.2. The summed E-state index contributed by atoms with van der Waals surface area (Å²) in [4.78, 5) is 12.2. The third-order valence-corrected chi connectivity index (χ3v) is 4.71. The van der Waals surface area contributed by atoms with Crippen LogP contribution in [0.3, 0.4) is 0 Å². The number of aliphatic hydroxyl groups excluding tert-OH is 1. The first-order valence-electron chi connectivity index (χ1n) is 9.79. The SMILES string of the molecule is O=C(NC(Cc1ccccc1)C(O)CCCc1ccccc1)OCc1ccno1. The van der Waals surface area contributed by atoms with Crippen LogP contribution in [0, 0.1) is 0 Å². The summed E-state index contributed by atoms with van der Waals surface area (Å²) < 4.78 is 10.1. The van der Waals surface area contributed by atoms with Crippen LogP contribution >= 0.6 is 0 Å². The van der Waals surface area contributed by atoms with Crippen LogP contribution in [0.2, 0.25) is 0 Å². The maximum absolute atomic E-state index is 12.2. The van der Waals surface area contributed by atoms with Gasteiger partial charge in [0.15, 0.2) is 12.4 Å². The third kappa shape index (κ3) is 7.08. The minimum Gasteiger partial charge on any atom is -0.441 e. The van der Waals surface area contributed by atoms with E-state index >= 15 is 0 Å². The molecule has 6 heteroatoms. The Morgan fingerprint density at radius 2 is 1.72 bits per heavy atom. The molecule has 29 heavy (non-hydrogen) atoms. The maximum Gasteiger partial charge on any atom is 0.407 e. The van der Waals surface area contributed by atoms with Crippen LogP contribution in [0.15, 0.2) is 77.4 Å². The van der Waals surface area contributed by atoms with Crippen LogP contribution in [0.5, 0.6) is 0 Å². The van der Waals surface area contributed by atoms with Crippen molar-refractivity contribution >= 4 is 6.09 Å². The van der Waals surface area contributed by atoms with Crippen LogP contribution in [0.25, 0.3) is 0 Å². The summed E-state index contributed by atoms with van der Waals surface area (Å²) in [5.74, 6) is 0.461. The van der Waals surface area contributed by atoms with Crippen LogP contribution < -0.4 is 5.32 Å². The highest BCUT2D eigenvalue weighted by Gasteiger charge is 2.22. The van der Waals surface area contributed by atoms with Gasteiger partial charge in [0.25, 0.3) is 0 Å². The van der Waals surface area contributed by atoms with Crippen LogP contribution in [0.1, 0.15) is 29.7 Å². The van der Waals surface area contributed by atoms with Crippen molar-refractivity contribution < 1.29 is 19.2 Å². The minimum absolute atomic E-state index is 0.00596. The number of nitrogens with one attached hydrogen (secondary N) is 1. The van der Waals surface area contributed by atoms with Gasteiger partial charge in [0.1, 0.15) is 0 Å². The number of carbonyl (C=O) groups is 1. The number of carbonyl (C=O) groups excluding carboxylic acids is 1. The van der Waals surface area contributed by atoms with E-state index in [1.165, 1.54) is 11.8 Å². The second-order valence-corrected chi connectivity index (χ2v) is 6.94. The van der Waals surface area contributed by atoms with Gasteiger partial charge in [-0.05, 0) is 36.8 Å². The minimum atomic E-state index is -0.684. The summed E-state index contributed by atoms with van der Waals surface area (Å²) >= 11 is 0. The zero-order valence-corrected chi connectivity index (χ0v) is 16.2. The predicted molar refractivity (Wildman–Crippen MR) is 109 cm³/mol. The van der Waals surface area contributed by atoms with Gasteiger partial charge >= 0.3 is 6.09 Å². The van der Waals surface area contributed by atoms with E-state index in [9.17, 15) is 9.90 Å². The highest BCUT2D eigenvalue weighted by atomic mass is 16.6. The van der Waals surface area contributed by atoms with Crippen molar-refractivity contribution in [3.63, 3.8) is 0 Å². The number of ether oxygens (including phenoxy) is 1. The number of rotatable bonds is 10.